The number of thiophene rings is 1. The largest absolute Gasteiger partial charge is 0.460 e. The second-order valence-corrected chi connectivity index (χ2v) is 8.95. The summed E-state index contributed by atoms with van der Waals surface area (Å²) in [6.45, 7) is 2.33. The Morgan fingerprint density at radius 2 is 2.04 bits per heavy atom. The average Bonchev–Trinajstić information content (AvgIpc) is 3.10. The molecule has 27 heavy (non-hydrogen) atoms. The lowest BCUT2D eigenvalue weighted by Crippen LogP contribution is -2.19. The van der Waals surface area contributed by atoms with E-state index in [9.17, 15) is 4.79 Å². The normalized spacial score (nSPS) is 14.7. The Morgan fingerprint density at radius 1 is 1.22 bits per heavy atom. The number of carbonyl (C=O) groups is 1. The molecule has 140 valence electrons. The first kappa shape index (κ1) is 18.4. The number of aromatic nitrogens is 2. The standard InChI is InChI=1S/C21H22N2O2S2/c1-2-16(21(24)25-12-14-8-4-3-5-9-14)26-19-18-15-10-6-7-11-17(15)27-20(18)23-13-22-19/h3-5,8-9,13,16H,2,6-7,10-12H2,1H3/t16-/m0/s1. The van der Waals surface area contributed by atoms with Crippen LogP contribution in [-0.4, -0.2) is 21.2 Å². The quantitative estimate of drug-likeness (QED) is 0.325. The molecule has 1 aliphatic carbocycles. The van der Waals surface area contributed by atoms with Gasteiger partial charge in [0.1, 0.15) is 28.0 Å². The minimum absolute atomic E-state index is 0.179. The predicted molar refractivity (Wildman–Crippen MR) is 110 cm³/mol. The second kappa shape index (κ2) is 8.40. The predicted octanol–water partition coefficient (Wildman–Crippen LogP) is 5.18. The van der Waals surface area contributed by atoms with E-state index >= 15 is 0 Å². The van der Waals surface area contributed by atoms with Crippen LogP contribution >= 0.6 is 23.1 Å². The first-order chi connectivity index (χ1) is 13.3. The van der Waals surface area contributed by atoms with E-state index < -0.39 is 0 Å². The van der Waals surface area contributed by atoms with Crippen molar-refractivity contribution in [1.29, 1.82) is 0 Å². The Balaban J connectivity index is 1.53. The summed E-state index contributed by atoms with van der Waals surface area (Å²) >= 11 is 3.30. The molecule has 0 radical (unpaired) electrons. The van der Waals surface area contributed by atoms with E-state index in [1.165, 1.54) is 35.0 Å². The molecular formula is C21H22N2O2S2. The SMILES string of the molecule is CC[C@H](Sc1ncnc2sc3c(c12)CCCC3)C(=O)OCc1ccccc1. The Hall–Kier alpha value is -1.92. The fraction of sp³-hybridized carbons (Fsp3) is 0.381. The first-order valence-electron chi connectivity index (χ1n) is 9.38. The van der Waals surface area contributed by atoms with E-state index in [0.29, 0.717) is 13.0 Å². The molecule has 4 rings (SSSR count). The van der Waals surface area contributed by atoms with Gasteiger partial charge in [0.15, 0.2) is 0 Å². The maximum Gasteiger partial charge on any atom is 0.319 e. The summed E-state index contributed by atoms with van der Waals surface area (Å²) in [4.78, 5) is 24.1. The van der Waals surface area contributed by atoms with E-state index in [4.69, 9.17) is 4.74 Å². The van der Waals surface area contributed by atoms with E-state index in [2.05, 4.69) is 9.97 Å². The van der Waals surface area contributed by atoms with Crippen LogP contribution in [0.4, 0.5) is 0 Å². The molecule has 2 heterocycles. The van der Waals surface area contributed by atoms with Crippen LogP contribution in [0.1, 0.15) is 42.2 Å². The van der Waals surface area contributed by atoms with Gasteiger partial charge in [-0.05, 0) is 43.2 Å². The number of rotatable bonds is 6. The van der Waals surface area contributed by atoms with Crippen LogP contribution in [-0.2, 0) is 29.0 Å². The highest BCUT2D eigenvalue weighted by molar-refractivity contribution is 8.00. The van der Waals surface area contributed by atoms with Gasteiger partial charge in [-0.2, -0.15) is 0 Å². The highest BCUT2D eigenvalue weighted by atomic mass is 32.2. The summed E-state index contributed by atoms with van der Waals surface area (Å²) in [7, 11) is 0. The van der Waals surface area contributed by atoms with Gasteiger partial charge >= 0.3 is 5.97 Å². The molecule has 0 N–H and O–H groups in total. The second-order valence-electron chi connectivity index (χ2n) is 6.68. The van der Waals surface area contributed by atoms with Crippen molar-refractivity contribution in [1.82, 2.24) is 9.97 Å². The summed E-state index contributed by atoms with van der Waals surface area (Å²) < 4.78 is 5.56. The molecule has 0 aliphatic heterocycles. The Morgan fingerprint density at radius 3 is 2.85 bits per heavy atom. The number of benzene rings is 1. The fourth-order valence-electron chi connectivity index (χ4n) is 3.41. The van der Waals surface area contributed by atoms with Crippen molar-refractivity contribution < 1.29 is 9.53 Å². The highest BCUT2D eigenvalue weighted by Crippen LogP contribution is 2.40. The van der Waals surface area contributed by atoms with Gasteiger partial charge in [0, 0.05) is 10.3 Å². The number of fused-ring (bicyclic) bond motifs is 3. The van der Waals surface area contributed by atoms with Crippen molar-refractivity contribution in [2.24, 2.45) is 0 Å². The molecule has 0 amide bonds. The minimum atomic E-state index is -0.258. The van der Waals surface area contributed by atoms with Crippen LogP contribution in [0.25, 0.3) is 10.2 Å². The maximum absolute atomic E-state index is 12.6. The van der Waals surface area contributed by atoms with E-state index in [1.54, 1.807) is 17.7 Å². The third kappa shape index (κ3) is 4.01. The van der Waals surface area contributed by atoms with Gasteiger partial charge in [0.2, 0.25) is 0 Å². The summed E-state index contributed by atoms with van der Waals surface area (Å²) in [6.07, 6.45) is 7.01. The maximum atomic E-state index is 12.6. The van der Waals surface area contributed by atoms with Crippen LogP contribution in [0.3, 0.4) is 0 Å². The van der Waals surface area contributed by atoms with Gasteiger partial charge in [-0.25, -0.2) is 9.97 Å². The van der Waals surface area contributed by atoms with Gasteiger partial charge in [0.05, 0.1) is 0 Å². The smallest absolute Gasteiger partial charge is 0.319 e. The molecule has 0 saturated heterocycles. The van der Waals surface area contributed by atoms with Gasteiger partial charge in [0.25, 0.3) is 0 Å². The number of aryl methyl sites for hydroxylation is 2. The number of thioether (sulfide) groups is 1. The van der Waals surface area contributed by atoms with Gasteiger partial charge in [-0.3, -0.25) is 4.79 Å². The number of ether oxygens (including phenoxy) is 1. The number of carbonyl (C=O) groups excluding carboxylic acids is 1. The lowest BCUT2D eigenvalue weighted by molar-refractivity contribution is -0.144. The Labute approximate surface area is 167 Å². The lowest BCUT2D eigenvalue weighted by atomic mass is 9.97. The monoisotopic (exact) mass is 398 g/mol. The molecule has 2 aromatic heterocycles. The molecular weight excluding hydrogens is 376 g/mol. The van der Waals surface area contributed by atoms with Crippen molar-refractivity contribution in [3.05, 3.63) is 52.7 Å². The Kier molecular flexibility index (Phi) is 5.74. The van der Waals surface area contributed by atoms with Crippen molar-refractivity contribution in [2.75, 3.05) is 0 Å². The van der Waals surface area contributed by atoms with Gasteiger partial charge in [-0.15, -0.1) is 11.3 Å². The molecule has 3 aromatic rings. The van der Waals surface area contributed by atoms with Crippen LogP contribution < -0.4 is 0 Å². The molecule has 1 aliphatic rings. The zero-order chi connectivity index (χ0) is 18.6. The number of nitrogens with zero attached hydrogens (tertiary/aromatic N) is 2. The molecule has 0 saturated carbocycles. The van der Waals surface area contributed by atoms with Crippen molar-refractivity contribution in [2.45, 2.75) is 55.9 Å². The number of esters is 1. The summed E-state index contributed by atoms with van der Waals surface area (Å²) in [5.74, 6) is -0.179. The summed E-state index contributed by atoms with van der Waals surface area (Å²) in [5, 5.41) is 1.82. The molecule has 6 heteroatoms. The van der Waals surface area contributed by atoms with E-state index in [1.807, 2.05) is 37.3 Å². The molecule has 1 aromatic carbocycles. The average molecular weight is 399 g/mol. The first-order valence-corrected chi connectivity index (χ1v) is 11.1. The molecule has 1 atom stereocenters. The zero-order valence-corrected chi connectivity index (χ0v) is 16.9. The fourth-order valence-corrected chi connectivity index (χ4v) is 5.74. The Bertz CT molecular complexity index is 940. The van der Waals surface area contributed by atoms with Crippen LogP contribution in [0.5, 0.6) is 0 Å². The van der Waals surface area contributed by atoms with Gasteiger partial charge in [-0.1, -0.05) is 49.0 Å². The van der Waals surface area contributed by atoms with Crippen LogP contribution in [0.15, 0.2) is 41.7 Å². The van der Waals surface area contributed by atoms with Crippen molar-refractivity contribution >= 4 is 39.3 Å². The van der Waals surface area contributed by atoms with Gasteiger partial charge < -0.3 is 4.74 Å². The molecule has 4 nitrogen and oxygen atoms in total. The molecule has 0 unspecified atom stereocenters. The number of hydrogen-bond acceptors (Lipinski definition) is 6. The topological polar surface area (TPSA) is 52.1 Å². The van der Waals surface area contributed by atoms with E-state index in [0.717, 1.165) is 33.6 Å². The lowest BCUT2D eigenvalue weighted by Gasteiger charge is -2.15. The van der Waals surface area contributed by atoms with Crippen molar-refractivity contribution in [3.63, 3.8) is 0 Å². The van der Waals surface area contributed by atoms with Crippen LogP contribution in [0, 0.1) is 0 Å². The molecule has 0 fully saturated rings. The third-order valence-electron chi connectivity index (χ3n) is 4.83. The third-order valence-corrected chi connectivity index (χ3v) is 7.37. The van der Waals surface area contributed by atoms with Crippen LogP contribution in [0.2, 0.25) is 0 Å². The summed E-state index contributed by atoms with van der Waals surface area (Å²) in [5.41, 5.74) is 2.40. The minimum Gasteiger partial charge on any atom is -0.460 e. The van der Waals surface area contributed by atoms with Crippen molar-refractivity contribution in [3.8, 4) is 0 Å². The summed E-state index contributed by atoms with van der Waals surface area (Å²) in [6, 6.07) is 9.79. The zero-order valence-electron chi connectivity index (χ0n) is 15.3. The number of hydrogen-bond donors (Lipinski definition) is 0. The van der Waals surface area contributed by atoms with E-state index in [-0.39, 0.29) is 11.2 Å². The molecule has 0 bridgehead atoms. The highest BCUT2D eigenvalue weighted by Gasteiger charge is 2.25. The molecule has 0 spiro atoms.